The summed E-state index contributed by atoms with van der Waals surface area (Å²) in [6, 6.07) is 0. The molecule has 0 saturated carbocycles. The van der Waals surface area contributed by atoms with E-state index in [1.165, 1.54) is 0 Å². The first-order valence-electron chi connectivity index (χ1n) is 3.78. The van der Waals surface area contributed by atoms with Gasteiger partial charge in [0, 0.05) is 6.42 Å². The highest BCUT2D eigenvalue weighted by Crippen LogP contribution is 2.19. The minimum absolute atomic E-state index is 0.184. The van der Waals surface area contributed by atoms with E-state index in [4.69, 9.17) is 23.2 Å². The Labute approximate surface area is 84.3 Å². The number of hydrogen-bond acceptors (Lipinski definition) is 3. The van der Waals surface area contributed by atoms with Crippen molar-refractivity contribution in [3.05, 3.63) is 16.1 Å². The second kappa shape index (κ2) is 3.12. The summed E-state index contributed by atoms with van der Waals surface area (Å²) < 4.78 is 0. The number of aryl methyl sites for hydroxylation is 1. The molecule has 0 amide bonds. The van der Waals surface area contributed by atoms with Gasteiger partial charge in [0.1, 0.15) is 5.82 Å². The van der Waals surface area contributed by atoms with E-state index in [1.807, 2.05) is 6.92 Å². The molecule has 0 atom stereocenters. The van der Waals surface area contributed by atoms with Gasteiger partial charge in [-0.25, -0.2) is 15.0 Å². The number of halogens is 2. The van der Waals surface area contributed by atoms with E-state index in [9.17, 15) is 0 Å². The highest BCUT2D eigenvalue weighted by atomic mass is 35.5. The van der Waals surface area contributed by atoms with Gasteiger partial charge >= 0.3 is 0 Å². The zero-order valence-corrected chi connectivity index (χ0v) is 8.32. The number of nitrogens with one attached hydrogen (secondary N) is 1. The molecule has 1 N–H and O–H groups in total. The Morgan fingerprint density at radius 1 is 1.15 bits per heavy atom. The molecule has 0 aliphatic carbocycles. The summed E-state index contributed by atoms with van der Waals surface area (Å²) in [6.07, 6.45) is 0.799. The molecule has 0 aliphatic heterocycles. The predicted octanol–water partition coefficient (Wildman–Crippen LogP) is 2.22. The molecule has 0 fully saturated rings. The standard InChI is InChI=1S/C7H6Cl2N4/c1-2-3-10-6-7(11-3)13-5(9)4(8)12-6/h2H2,1H3,(H,10,11,12,13). The van der Waals surface area contributed by atoms with Crippen LogP contribution in [0.15, 0.2) is 0 Å². The SMILES string of the molecule is CCc1nc2nc(Cl)c(Cl)nc2[nH]1. The normalized spacial score (nSPS) is 11.0. The number of rotatable bonds is 1. The lowest BCUT2D eigenvalue weighted by atomic mass is 10.5. The Hall–Kier alpha value is -0.870. The molecule has 0 radical (unpaired) electrons. The van der Waals surface area contributed by atoms with Crippen LogP contribution in [0, 0.1) is 0 Å². The van der Waals surface area contributed by atoms with Gasteiger partial charge in [0.25, 0.3) is 0 Å². The average Bonchev–Trinajstić information content (AvgIpc) is 2.48. The zero-order chi connectivity index (χ0) is 9.42. The summed E-state index contributed by atoms with van der Waals surface area (Å²) in [5, 5.41) is 0.379. The zero-order valence-electron chi connectivity index (χ0n) is 6.80. The second-order valence-corrected chi connectivity index (χ2v) is 3.23. The average molecular weight is 217 g/mol. The van der Waals surface area contributed by atoms with E-state index in [1.54, 1.807) is 0 Å². The molecule has 2 heterocycles. The fraction of sp³-hybridized carbons (Fsp3) is 0.286. The number of aromatic nitrogens is 4. The number of imidazole rings is 1. The quantitative estimate of drug-likeness (QED) is 0.796. The molecular weight excluding hydrogens is 211 g/mol. The van der Waals surface area contributed by atoms with Crippen LogP contribution in [0.1, 0.15) is 12.7 Å². The van der Waals surface area contributed by atoms with Crippen LogP contribution >= 0.6 is 23.2 Å². The number of nitrogens with zero attached hydrogens (tertiary/aromatic N) is 3. The van der Waals surface area contributed by atoms with E-state index in [0.717, 1.165) is 12.2 Å². The molecule has 4 nitrogen and oxygen atoms in total. The van der Waals surface area contributed by atoms with Crippen LogP contribution in [0.4, 0.5) is 0 Å². The van der Waals surface area contributed by atoms with Gasteiger partial charge < -0.3 is 4.98 Å². The number of aromatic amines is 1. The van der Waals surface area contributed by atoms with E-state index < -0.39 is 0 Å². The summed E-state index contributed by atoms with van der Waals surface area (Å²) in [5.74, 6) is 0.827. The topological polar surface area (TPSA) is 54.5 Å². The van der Waals surface area contributed by atoms with Gasteiger partial charge in [-0.3, -0.25) is 0 Å². The summed E-state index contributed by atoms with van der Waals surface area (Å²) in [5.41, 5.74) is 1.08. The molecule has 0 aromatic carbocycles. The van der Waals surface area contributed by atoms with Crippen molar-refractivity contribution in [3.63, 3.8) is 0 Å². The summed E-state index contributed by atoms with van der Waals surface area (Å²) in [4.78, 5) is 15.1. The van der Waals surface area contributed by atoms with Crippen molar-refractivity contribution >= 4 is 34.5 Å². The Balaban J connectivity index is 2.70. The molecule has 13 heavy (non-hydrogen) atoms. The van der Waals surface area contributed by atoms with Crippen LogP contribution in [0.5, 0.6) is 0 Å². The maximum atomic E-state index is 5.69. The van der Waals surface area contributed by atoms with Crippen LogP contribution in [-0.2, 0) is 6.42 Å². The Kier molecular flexibility index (Phi) is 2.09. The number of H-pyrrole nitrogens is 1. The van der Waals surface area contributed by atoms with Crippen molar-refractivity contribution in [2.24, 2.45) is 0 Å². The van der Waals surface area contributed by atoms with Crippen molar-refractivity contribution in [1.82, 2.24) is 19.9 Å². The van der Waals surface area contributed by atoms with Gasteiger partial charge in [-0.15, -0.1) is 0 Å². The third-order valence-electron chi connectivity index (χ3n) is 1.63. The van der Waals surface area contributed by atoms with Crippen molar-refractivity contribution in [2.45, 2.75) is 13.3 Å². The lowest BCUT2D eigenvalue weighted by Gasteiger charge is -1.91. The van der Waals surface area contributed by atoms with Crippen LogP contribution in [0.2, 0.25) is 10.3 Å². The van der Waals surface area contributed by atoms with E-state index >= 15 is 0 Å². The summed E-state index contributed by atoms with van der Waals surface area (Å²) >= 11 is 11.4. The lowest BCUT2D eigenvalue weighted by molar-refractivity contribution is 0.995. The molecule has 0 saturated heterocycles. The monoisotopic (exact) mass is 216 g/mol. The third-order valence-corrected chi connectivity index (χ3v) is 2.26. The highest BCUT2D eigenvalue weighted by molar-refractivity contribution is 6.40. The van der Waals surface area contributed by atoms with Crippen LogP contribution in [0.25, 0.3) is 11.3 Å². The van der Waals surface area contributed by atoms with Gasteiger partial charge in [-0.05, 0) is 0 Å². The number of hydrogen-bond donors (Lipinski definition) is 1. The van der Waals surface area contributed by atoms with Crippen molar-refractivity contribution in [2.75, 3.05) is 0 Å². The van der Waals surface area contributed by atoms with Crippen LogP contribution < -0.4 is 0 Å². The van der Waals surface area contributed by atoms with E-state index in [-0.39, 0.29) is 10.3 Å². The minimum Gasteiger partial charge on any atom is -0.325 e. The molecule has 0 bridgehead atoms. The third kappa shape index (κ3) is 1.47. The smallest absolute Gasteiger partial charge is 0.199 e. The highest BCUT2D eigenvalue weighted by Gasteiger charge is 2.08. The fourth-order valence-corrected chi connectivity index (χ4v) is 1.26. The second-order valence-electron chi connectivity index (χ2n) is 2.51. The first-order chi connectivity index (χ1) is 6.20. The van der Waals surface area contributed by atoms with Crippen molar-refractivity contribution in [1.29, 1.82) is 0 Å². The fourth-order valence-electron chi connectivity index (χ4n) is 1.01. The maximum absolute atomic E-state index is 5.69. The van der Waals surface area contributed by atoms with Gasteiger partial charge in [-0.1, -0.05) is 30.1 Å². The maximum Gasteiger partial charge on any atom is 0.199 e. The molecule has 6 heteroatoms. The Morgan fingerprint density at radius 2 is 1.85 bits per heavy atom. The van der Waals surface area contributed by atoms with Crippen LogP contribution in [0.3, 0.4) is 0 Å². The van der Waals surface area contributed by atoms with Gasteiger partial charge in [0.15, 0.2) is 21.6 Å². The molecule has 0 unspecified atom stereocenters. The Morgan fingerprint density at radius 3 is 2.54 bits per heavy atom. The molecule has 2 aromatic rings. The molecule has 2 aromatic heterocycles. The van der Waals surface area contributed by atoms with E-state index in [0.29, 0.717) is 11.3 Å². The first-order valence-corrected chi connectivity index (χ1v) is 4.54. The predicted molar refractivity (Wildman–Crippen MR) is 51.1 cm³/mol. The van der Waals surface area contributed by atoms with Gasteiger partial charge in [-0.2, -0.15) is 0 Å². The molecular formula is C7H6Cl2N4. The molecule has 0 spiro atoms. The largest absolute Gasteiger partial charge is 0.325 e. The van der Waals surface area contributed by atoms with Crippen molar-refractivity contribution in [3.8, 4) is 0 Å². The summed E-state index contributed by atoms with van der Waals surface area (Å²) in [7, 11) is 0. The number of fused-ring (bicyclic) bond motifs is 1. The minimum atomic E-state index is 0.184. The lowest BCUT2D eigenvalue weighted by Crippen LogP contribution is -1.84. The first kappa shape index (κ1) is 8.72. The Bertz CT molecular complexity index is 412. The van der Waals surface area contributed by atoms with Gasteiger partial charge in [0.2, 0.25) is 0 Å². The molecule has 2 rings (SSSR count). The van der Waals surface area contributed by atoms with E-state index in [2.05, 4.69) is 19.9 Å². The van der Waals surface area contributed by atoms with Gasteiger partial charge in [0.05, 0.1) is 0 Å². The van der Waals surface area contributed by atoms with Crippen molar-refractivity contribution < 1.29 is 0 Å². The molecule has 68 valence electrons. The molecule has 0 aliphatic rings. The summed E-state index contributed by atoms with van der Waals surface area (Å²) in [6.45, 7) is 1.99. The van der Waals surface area contributed by atoms with Crippen LogP contribution in [-0.4, -0.2) is 19.9 Å².